The molecule has 0 aliphatic heterocycles. The number of rotatable bonds is 5. The summed E-state index contributed by atoms with van der Waals surface area (Å²) in [5, 5.41) is 40.9. The third-order valence-corrected chi connectivity index (χ3v) is 3.97. The third-order valence-electron chi connectivity index (χ3n) is 3.97. The Hall–Kier alpha value is -2.46. The summed E-state index contributed by atoms with van der Waals surface area (Å²) >= 11 is 0. The summed E-state index contributed by atoms with van der Waals surface area (Å²) in [6.07, 6.45) is 2.54. The summed E-state index contributed by atoms with van der Waals surface area (Å²) in [5.74, 6) is -1.89. The van der Waals surface area contributed by atoms with Gasteiger partial charge in [-0.25, -0.2) is 4.79 Å². The van der Waals surface area contributed by atoms with Gasteiger partial charge in [-0.1, -0.05) is 17.2 Å². The normalized spacial score (nSPS) is 11.3. The van der Waals surface area contributed by atoms with Gasteiger partial charge >= 0.3 is 5.97 Å². The van der Waals surface area contributed by atoms with E-state index in [0.717, 1.165) is 11.1 Å². The van der Waals surface area contributed by atoms with Crippen molar-refractivity contribution in [3.63, 3.8) is 0 Å². The van der Waals surface area contributed by atoms with E-state index in [1.807, 2.05) is 19.9 Å². The van der Waals surface area contributed by atoms with Crippen LogP contribution in [-0.4, -0.2) is 26.4 Å². The van der Waals surface area contributed by atoms with Gasteiger partial charge in [-0.3, -0.25) is 0 Å². The van der Waals surface area contributed by atoms with Gasteiger partial charge in [-0.15, -0.1) is 0 Å². The van der Waals surface area contributed by atoms with Crippen molar-refractivity contribution in [1.82, 2.24) is 0 Å². The van der Waals surface area contributed by atoms with E-state index in [1.54, 1.807) is 13.8 Å². The fourth-order valence-corrected chi connectivity index (χ4v) is 2.75. The monoisotopic (exact) mass is 567 g/mol. The first-order chi connectivity index (χ1) is 12.6. The predicted octanol–water partition coefficient (Wildman–Crippen LogP) is 4.57. The molecule has 0 radical (unpaired) electrons. The molecule has 6 nitrogen and oxygen atoms in total. The van der Waals surface area contributed by atoms with Crippen LogP contribution in [0.15, 0.2) is 41.5 Å². The maximum atomic E-state index is 12.1. The Balaban J connectivity index is 0.00000392. The fourth-order valence-electron chi connectivity index (χ4n) is 2.75. The first-order valence-corrected chi connectivity index (χ1v) is 8.50. The minimum Gasteiger partial charge on any atom is -0.507 e. The van der Waals surface area contributed by atoms with Crippen LogP contribution in [0.5, 0.6) is 23.0 Å². The molecule has 0 aliphatic carbocycles. The van der Waals surface area contributed by atoms with E-state index in [0.29, 0.717) is 0 Å². The van der Waals surface area contributed by atoms with Gasteiger partial charge in [0, 0.05) is 39.1 Å². The molecule has 28 heavy (non-hydrogen) atoms. The zero-order valence-corrected chi connectivity index (χ0v) is 18.4. The molecule has 2 rings (SSSR count). The van der Waals surface area contributed by atoms with Gasteiger partial charge in [0.05, 0.1) is 10.8 Å². The molecule has 0 aromatic heterocycles. The van der Waals surface area contributed by atoms with Gasteiger partial charge in [0.25, 0.3) is 0 Å². The molecule has 0 heterocycles. The molecule has 0 saturated heterocycles. The largest absolute Gasteiger partial charge is 0.507 e. The standard InChI is InChI=1S/C21H24O6.Pt/c1-11(2)5-8-17(27-18(25)9-12(3)4)13-10-16(24)19-14(22)6-7-15(23)20(19)21(13)26;/h5-7,9-10,17,22-24,26H,8H2,1-4H3;. The first-order valence-electron chi connectivity index (χ1n) is 8.50. The van der Waals surface area contributed by atoms with Crippen molar-refractivity contribution in [2.75, 3.05) is 0 Å². The van der Waals surface area contributed by atoms with Crippen LogP contribution in [0.4, 0.5) is 0 Å². The maximum Gasteiger partial charge on any atom is 0.331 e. The van der Waals surface area contributed by atoms with Crippen molar-refractivity contribution in [2.45, 2.75) is 40.2 Å². The quantitative estimate of drug-likeness (QED) is 0.183. The molecule has 7 heteroatoms. The second-order valence-electron chi connectivity index (χ2n) is 6.85. The van der Waals surface area contributed by atoms with Crippen LogP contribution < -0.4 is 0 Å². The van der Waals surface area contributed by atoms with Crippen LogP contribution in [0.1, 0.15) is 45.8 Å². The number of fused-ring (bicyclic) bond motifs is 1. The van der Waals surface area contributed by atoms with Crippen molar-refractivity contribution in [3.8, 4) is 23.0 Å². The van der Waals surface area contributed by atoms with E-state index in [-0.39, 0.29) is 66.8 Å². The molecule has 2 aromatic carbocycles. The summed E-state index contributed by atoms with van der Waals surface area (Å²) in [7, 11) is 0. The number of ether oxygens (including phenoxy) is 1. The molecule has 1 unspecified atom stereocenters. The Morgan fingerprint density at radius 2 is 1.54 bits per heavy atom. The van der Waals surface area contributed by atoms with Gasteiger partial charge in [-0.05, 0) is 45.9 Å². The smallest absolute Gasteiger partial charge is 0.331 e. The van der Waals surface area contributed by atoms with Crippen LogP contribution in [0.2, 0.25) is 0 Å². The van der Waals surface area contributed by atoms with Crippen molar-refractivity contribution in [2.24, 2.45) is 0 Å². The fraction of sp³-hybridized carbons (Fsp3) is 0.286. The summed E-state index contributed by atoms with van der Waals surface area (Å²) in [5.41, 5.74) is 1.88. The summed E-state index contributed by atoms with van der Waals surface area (Å²) < 4.78 is 5.48. The number of benzene rings is 2. The predicted molar refractivity (Wildman–Crippen MR) is 103 cm³/mol. The molecule has 4 N–H and O–H groups in total. The number of esters is 1. The zero-order chi connectivity index (χ0) is 20.3. The Bertz CT molecular complexity index is 938. The van der Waals surface area contributed by atoms with Crippen molar-refractivity contribution < 1.29 is 51.0 Å². The summed E-state index contributed by atoms with van der Waals surface area (Å²) in [4.78, 5) is 12.1. The minimum atomic E-state index is -0.889. The average Bonchev–Trinajstić information content (AvgIpc) is 2.56. The van der Waals surface area contributed by atoms with Crippen LogP contribution >= 0.6 is 0 Å². The third kappa shape index (κ3) is 5.29. The first kappa shape index (κ1) is 23.6. The second-order valence-corrected chi connectivity index (χ2v) is 6.85. The number of hydrogen-bond donors (Lipinski definition) is 4. The van der Waals surface area contributed by atoms with Crippen molar-refractivity contribution in [1.29, 1.82) is 0 Å². The minimum absolute atomic E-state index is 0. The number of hydrogen-bond acceptors (Lipinski definition) is 6. The van der Waals surface area contributed by atoms with Gasteiger partial charge in [0.1, 0.15) is 29.1 Å². The number of carbonyl (C=O) groups excluding carboxylic acids is 1. The van der Waals surface area contributed by atoms with E-state index >= 15 is 0 Å². The number of carbonyl (C=O) groups is 1. The Morgan fingerprint density at radius 3 is 2.07 bits per heavy atom. The molecule has 0 aliphatic rings. The Labute approximate surface area is 178 Å². The molecule has 0 amide bonds. The molecule has 1 atom stereocenters. The average molecular weight is 567 g/mol. The molecular formula is C21H24O6Pt. The van der Waals surface area contributed by atoms with Crippen LogP contribution in [0.3, 0.4) is 0 Å². The van der Waals surface area contributed by atoms with Gasteiger partial charge in [0.2, 0.25) is 0 Å². The zero-order valence-electron chi connectivity index (χ0n) is 16.1. The SMILES string of the molecule is CC(C)=CCC(OC(=O)C=C(C)C)c1cc(O)c2c(O)ccc(O)c2c1O.[Pt]. The van der Waals surface area contributed by atoms with E-state index < -0.39 is 12.1 Å². The summed E-state index contributed by atoms with van der Waals surface area (Å²) in [6.45, 7) is 7.28. The molecule has 2 aromatic rings. The second kappa shape index (κ2) is 9.65. The van der Waals surface area contributed by atoms with E-state index in [9.17, 15) is 25.2 Å². The molecule has 0 saturated carbocycles. The van der Waals surface area contributed by atoms with Crippen LogP contribution in [0, 0.1) is 0 Å². The van der Waals surface area contributed by atoms with E-state index in [1.165, 1.54) is 24.3 Å². The van der Waals surface area contributed by atoms with Gasteiger partial charge in [0.15, 0.2) is 0 Å². The molecule has 0 bridgehead atoms. The Morgan fingerprint density at radius 1 is 0.964 bits per heavy atom. The van der Waals surface area contributed by atoms with Crippen molar-refractivity contribution >= 4 is 16.7 Å². The maximum absolute atomic E-state index is 12.1. The van der Waals surface area contributed by atoms with Crippen LogP contribution in [0.25, 0.3) is 10.8 Å². The van der Waals surface area contributed by atoms with E-state index in [4.69, 9.17) is 4.74 Å². The number of aromatic hydroxyl groups is 4. The summed E-state index contributed by atoms with van der Waals surface area (Å²) in [6, 6.07) is 3.66. The van der Waals surface area contributed by atoms with Gasteiger partial charge in [-0.2, -0.15) is 0 Å². The molecule has 154 valence electrons. The molecular weight excluding hydrogens is 543 g/mol. The number of phenols is 4. The topological polar surface area (TPSA) is 107 Å². The molecule has 0 spiro atoms. The Kier molecular flexibility index (Phi) is 8.12. The van der Waals surface area contributed by atoms with Crippen molar-refractivity contribution in [3.05, 3.63) is 47.1 Å². The number of allylic oxidation sites excluding steroid dienone is 2. The van der Waals surface area contributed by atoms with E-state index in [2.05, 4.69) is 0 Å². The van der Waals surface area contributed by atoms with Gasteiger partial charge < -0.3 is 25.2 Å². The van der Waals surface area contributed by atoms with Crippen LogP contribution in [-0.2, 0) is 30.6 Å². The molecule has 0 fully saturated rings. The number of phenolic OH excluding ortho intramolecular Hbond substituents is 4.